The Bertz CT molecular complexity index is 1050. The topological polar surface area (TPSA) is 89.0 Å². The van der Waals surface area contributed by atoms with Crippen molar-refractivity contribution in [1.29, 1.82) is 0 Å². The first-order valence-corrected chi connectivity index (χ1v) is 10.5. The van der Waals surface area contributed by atoms with E-state index < -0.39 is 17.7 Å². The van der Waals surface area contributed by atoms with Gasteiger partial charge in [0.25, 0.3) is 11.7 Å². The van der Waals surface area contributed by atoms with Crippen molar-refractivity contribution < 1.29 is 24.2 Å². The highest BCUT2D eigenvalue weighted by Gasteiger charge is 2.50. The SMILES string of the molecule is COc1cc(/C(O)=C2\C(=O)C(=O)N(C3CCCC3)C2c2ccccn2)c(OC)cc1Cl. The summed E-state index contributed by atoms with van der Waals surface area (Å²) in [4.78, 5) is 32.2. The molecule has 1 amide bonds. The maximum atomic E-state index is 13.2. The highest BCUT2D eigenvalue weighted by atomic mass is 35.5. The number of methoxy groups -OCH3 is 2. The van der Waals surface area contributed by atoms with Crippen LogP contribution in [0.15, 0.2) is 42.1 Å². The predicted molar refractivity (Wildman–Crippen MR) is 115 cm³/mol. The van der Waals surface area contributed by atoms with Crippen LogP contribution < -0.4 is 9.47 Å². The second-order valence-electron chi connectivity index (χ2n) is 7.59. The standard InChI is InChI=1S/C23H23ClN2O5/c1-30-17-12-15(24)18(31-2)11-14(17)21(27)19-20(16-9-5-6-10-25-16)26(23(29)22(19)28)13-7-3-4-8-13/h5-6,9-13,20,27H,3-4,7-8H2,1-2H3/b21-19+. The van der Waals surface area contributed by atoms with Gasteiger partial charge in [-0.25, -0.2) is 0 Å². The summed E-state index contributed by atoms with van der Waals surface area (Å²) in [7, 11) is 2.88. The number of nitrogens with zero attached hydrogens (tertiary/aromatic N) is 2. The van der Waals surface area contributed by atoms with Crippen LogP contribution in [0, 0.1) is 0 Å². The molecular weight excluding hydrogens is 420 g/mol. The highest BCUT2D eigenvalue weighted by Crippen LogP contribution is 2.45. The molecule has 2 fully saturated rings. The lowest BCUT2D eigenvalue weighted by Crippen LogP contribution is -2.37. The van der Waals surface area contributed by atoms with Gasteiger partial charge < -0.3 is 19.5 Å². The molecule has 1 aromatic carbocycles. The van der Waals surface area contributed by atoms with Gasteiger partial charge in [-0.3, -0.25) is 14.6 Å². The number of benzene rings is 1. The summed E-state index contributed by atoms with van der Waals surface area (Å²) in [6, 6.07) is 7.45. The van der Waals surface area contributed by atoms with Crippen molar-refractivity contribution in [3.05, 3.63) is 58.4 Å². The smallest absolute Gasteiger partial charge is 0.295 e. The molecule has 7 nitrogen and oxygen atoms in total. The molecule has 2 aliphatic rings. The molecule has 2 aromatic rings. The molecule has 1 aromatic heterocycles. The Morgan fingerprint density at radius 2 is 1.84 bits per heavy atom. The molecule has 0 radical (unpaired) electrons. The summed E-state index contributed by atoms with van der Waals surface area (Å²) in [6.07, 6.45) is 5.22. The minimum atomic E-state index is -0.782. The Hall–Kier alpha value is -3.06. The van der Waals surface area contributed by atoms with Gasteiger partial charge in [0.1, 0.15) is 23.3 Å². The Labute approximate surface area is 185 Å². The van der Waals surface area contributed by atoms with Crippen molar-refractivity contribution in [2.75, 3.05) is 14.2 Å². The van der Waals surface area contributed by atoms with Gasteiger partial charge in [0.15, 0.2) is 0 Å². The fourth-order valence-electron chi connectivity index (χ4n) is 4.43. The summed E-state index contributed by atoms with van der Waals surface area (Å²) < 4.78 is 10.6. The largest absolute Gasteiger partial charge is 0.507 e. The number of pyridine rings is 1. The lowest BCUT2D eigenvalue weighted by molar-refractivity contribution is -0.141. The zero-order valence-corrected chi connectivity index (χ0v) is 18.1. The van der Waals surface area contributed by atoms with Crippen LogP contribution in [-0.2, 0) is 9.59 Å². The third-order valence-corrected chi connectivity index (χ3v) is 6.19. The van der Waals surface area contributed by atoms with Gasteiger partial charge in [0.05, 0.1) is 36.1 Å². The molecular formula is C23H23ClN2O5. The van der Waals surface area contributed by atoms with Crippen LogP contribution in [0.3, 0.4) is 0 Å². The zero-order chi connectivity index (χ0) is 22.1. The average molecular weight is 443 g/mol. The van der Waals surface area contributed by atoms with Crippen LogP contribution in [0.25, 0.3) is 5.76 Å². The van der Waals surface area contributed by atoms with E-state index in [0.717, 1.165) is 25.7 Å². The average Bonchev–Trinajstić information content (AvgIpc) is 3.40. The van der Waals surface area contributed by atoms with Crippen LogP contribution in [0.5, 0.6) is 11.5 Å². The minimum Gasteiger partial charge on any atom is -0.507 e. The van der Waals surface area contributed by atoms with Gasteiger partial charge in [-0.2, -0.15) is 0 Å². The fourth-order valence-corrected chi connectivity index (χ4v) is 4.66. The van der Waals surface area contributed by atoms with E-state index in [-0.39, 0.29) is 28.7 Å². The van der Waals surface area contributed by atoms with Gasteiger partial charge in [0, 0.05) is 18.3 Å². The van der Waals surface area contributed by atoms with Crippen molar-refractivity contribution in [2.45, 2.75) is 37.8 Å². The van der Waals surface area contributed by atoms with E-state index in [1.165, 1.54) is 26.4 Å². The van der Waals surface area contributed by atoms with E-state index in [9.17, 15) is 14.7 Å². The number of aliphatic hydroxyl groups is 1. The van der Waals surface area contributed by atoms with E-state index in [4.69, 9.17) is 21.1 Å². The molecule has 1 unspecified atom stereocenters. The van der Waals surface area contributed by atoms with Crippen LogP contribution >= 0.6 is 11.6 Å². The second-order valence-corrected chi connectivity index (χ2v) is 7.99. The van der Waals surface area contributed by atoms with Gasteiger partial charge in [0.2, 0.25) is 0 Å². The minimum absolute atomic E-state index is 0.0155. The molecule has 2 heterocycles. The molecule has 1 aliphatic carbocycles. The molecule has 1 aliphatic heterocycles. The molecule has 8 heteroatoms. The van der Waals surface area contributed by atoms with Crippen molar-refractivity contribution in [2.24, 2.45) is 0 Å². The van der Waals surface area contributed by atoms with Crippen molar-refractivity contribution in [3.8, 4) is 11.5 Å². The first kappa shape index (κ1) is 21.2. The number of halogens is 1. The van der Waals surface area contributed by atoms with Gasteiger partial charge in [-0.05, 0) is 31.0 Å². The maximum absolute atomic E-state index is 13.2. The molecule has 1 saturated heterocycles. The lowest BCUT2D eigenvalue weighted by atomic mass is 9.97. The number of rotatable bonds is 5. The monoisotopic (exact) mass is 442 g/mol. The van der Waals surface area contributed by atoms with E-state index in [2.05, 4.69) is 4.98 Å². The zero-order valence-electron chi connectivity index (χ0n) is 17.3. The second kappa shape index (κ2) is 8.59. The normalized spacial score (nSPS) is 21.0. The van der Waals surface area contributed by atoms with Crippen molar-refractivity contribution in [1.82, 2.24) is 9.88 Å². The molecule has 0 bridgehead atoms. The summed E-state index contributed by atoms with van der Waals surface area (Å²) in [5.74, 6) is -1.14. The van der Waals surface area contributed by atoms with Gasteiger partial charge >= 0.3 is 0 Å². The number of aliphatic hydroxyl groups excluding tert-OH is 1. The number of likely N-dealkylation sites (tertiary alicyclic amines) is 1. The molecule has 0 spiro atoms. The number of amides is 1. The van der Waals surface area contributed by atoms with Gasteiger partial charge in [-0.15, -0.1) is 0 Å². The van der Waals surface area contributed by atoms with Gasteiger partial charge in [-0.1, -0.05) is 30.5 Å². The third-order valence-electron chi connectivity index (χ3n) is 5.90. The fraction of sp³-hybridized carbons (Fsp3) is 0.348. The molecule has 1 atom stereocenters. The van der Waals surface area contributed by atoms with Crippen molar-refractivity contribution in [3.63, 3.8) is 0 Å². The highest BCUT2D eigenvalue weighted by molar-refractivity contribution is 6.46. The number of hydrogen-bond acceptors (Lipinski definition) is 6. The van der Waals surface area contributed by atoms with E-state index in [1.54, 1.807) is 29.3 Å². The summed E-state index contributed by atoms with van der Waals surface area (Å²) in [5, 5.41) is 11.6. The predicted octanol–water partition coefficient (Wildman–Crippen LogP) is 4.12. The number of ketones is 1. The molecule has 1 N–H and O–H groups in total. The van der Waals surface area contributed by atoms with E-state index in [0.29, 0.717) is 16.5 Å². The first-order valence-electron chi connectivity index (χ1n) is 10.1. The number of hydrogen-bond donors (Lipinski definition) is 1. The van der Waals surface area contributed by atoms with E-state index >= 15 is 0 Å². The molecule has 1 saturated carbocycles. The Morgan fingerprint density at radius 3 is 2.45 bits per heavy atom. The van der Waals surface area contributed by atoms with Crippen LogP contribution in [-0.4, -0.2) is 46.9 Å². The summed E-state index contributed by atoms with van der Waals surface area (Å²) in [6.45, 7) is 0. The lowest BCUT2D eigenvalue weighted by Gasteiger charge is -2.30. The van der Waals surface area contributed by atoms with Crippen LogP contribution in [0.2, 0.25) is 5.02 Å². The molecule has 4 rings (SSSR count). The molecule has 162 valence electrons. The Balaban J connectivity index is 1.93. The maximum Gasteiger partial charge on any atom is 0.295 e. The molecule has 31 heavy (non-hydrogen) atoms. The van der Waals surface area contributed by atoms with Crippen LogP contribution in [0.1, 0.15) is 43.0 Å². The number of ether oxygens (including phenoxy) is 2. The number of carbonyl (C=O) groups is 2. The Kier molecular flexibility index (Phi) is 5.87. The van der Waals surface area contributed by atoms with Crippen molar-refractivity contribution >= 4 is 29.1 Å². The first-order chi connectivity index (χ1) is 15.0. The third kappa shape index (κ3) is 3.63. The quantitative estimate of drug-likeness (QED) is 0.425. The number of Topliss-reactive ketones (excluding diaryl/α,β-unsaturated/α-hetero) is 1. The Morgan fingerprint density at radius 1 is 1.13 bits per heavy atom. The summed E-state index contributed by atoms with van der Waals surface area (Å²) in [5.41, 5.74) is 0.724. The number of aromatic nitrogens is 1. The van der Waals surface area contributed by atoms with E-state index in [1.807, 2.05) is 0 Å². The summed E-state index contributed by atoms with van der Waals surface area (Å²) >= 11 is 6.19. The van der Waals surface area contributed by atoms with Crippen LogP contribution in [0.4, 0.5) is 0 Å². The number of carbonyl (C=O) groups excluding carboxylic acids is 2.